The molecule has 0 radical (unpaired) electrons. The summed E-state index contributed by atoms with van der Waals surface area (Å²) in [5, 5.41) is 9.68. The van der Waals surface area contributed by atoms with Gasteiger partial charge in [0.15, 0.2) is 0 Å². The van der Waals surface area contributed by atoms with Gasteiger partial charge in [-0.1, -0.05) is 30.3 Å². The molecule has 0 unspecified atom stereocenters. The Bertz CT molecular complexity index is 669. The third kappa shape index (κ3) is 3.13. The summed E-state index contributed by atoms with van der Waals surface area (Å²) in [6.07, 6.45) is 2.84. The van der Waals surface area contributed by atoms with E-state index >= 15 is 0 Å². The first kappa shape index (κ1) is 17.5. The van der Waals surface area contributed by atoms with Crippen LogP contribution in [0.2, 0.25) is 0 Å². The Morgan fingerprint density at radius 1 is 1.00 bits per heavy atom. The molecule has 0 bridgehead atoms. The van der Waals surface area contributed by atoms with Crippen LogP contribution in [-0.2, 0) is 9.59 Å². The van der Waals surface area contributed by atoms with Gasteiger partial charge in [0.2, 0.25) is 11.8 Å². The van der Waals surface area contributed by atoms with Crippen molar-refractivity contribution in [3.05, 3.63) is 35.9 Å². The molecule has 0 spiro atoms. The Balaban J connectivity index is 1.50. The Hall–Kier alpha value is -1.88. The van der Waals surface area contributed by atoms with Crippen LogP contribution in [0.5, 0.6) is 0 Å². The maximum absolute atomic E-state index is 13.0. The third-order valence-electron chi connectivity index (χ3n) is 6.57. The van der Waals surface area contributed by atoms with Gasteiger partial charge < -0.3 is 14.9 Å². The van der Waals surface area contributed by atoms with Crippen molar-refractivity contribution in [2.45, 2.75) is 44.8 Å². The number of likely N-dealkylation sites (tertiary alicyclic amines) is 2. The molecule has 26 heavy (non-hydrogen) atoms. The number of carbonyl (C=O) groups excluding carboxylic acids is 2. The average molecular weight is 356 g/mol. The second kappa shape index (κ2) is 7.03. The number of hydrogen-bond donors (Lipinski definition) is 1. The van der Waals surface area contributed by atoms with Gasteiger partial charge in [-0.05, 0) is 31.2 Å². The molecule has 5 nitrogen and oxygen atoms in total. The third-order valence-corrected chi connectivity index (χ3v) is 6.57. The lowest BCUT2D eigenvalue weighted by molar-refractivity contribution is -0.136. The molecule has 1 aromatic rings. The van der Waals surface area contributed by atoms with Gasteiger partial charge in [-0.25, -0.2) is 0 Å². The highest BCUT2D eigenvalue weighted by molar-refractivity contribution is 5.79. The number of hydrogen-bond acceptors (Lipinski definition) is 3. The number of aliphatic hydroxyl groups is 1. The summed E-state index contributed by atoms with van der Waals surface area (Å²) in [7, 11) is 0. The smallest absolute Gasteiger partial charge is 0.225 e. The van der Waals surface area contributed by atoms with Crippen LogP contribution in [0.1, 0.15) is 44.2 Å². The first-order valence-corrected chi connectivity index (χ1v) is 9.83. The molecular formula is C21H28N2O3. The fourth-order valence-electron chi connectivity index (χ4n) is 5.21. The molecule has 2 heterocycles. The molecule has 1 aromatic carbocycles. The number of carbonyl (C=O) groups is 2. The van der Waals surface area contributed by atoms with E-state index in [9.17, 15) is 14.7 Å². The minimum atomic E-state index is -0.233. The quantitative estimate of drug-likeness (QED) is 0.884. The van der Waals surface area contributed by atoms with Crippen molar-refractivity contribution in [3.63, 3.8) is 0 Å². The van der Waals surface area contributed by atoms with Crippen molar-refractivity contribution in [1.29, 1.82) is 0 Å². The normalized spacial score (nSPS) is 34.0. The maximum atomic E-state index is 13.0. The SMILES string of the molecule is CC(=O)N1C[C@H]2CN(C(=O)C3CCC(O)CC3)C[C@H]2[C@H]1c1ccccc1. The van der Waals surface area contributed by atoms with Gasteiger partial charge in [-0.3, -0.25) is 9.59 Å². The van der Waals surface area contributed by atoms with Crippen LogP contribution in [0.4, 0.5) is 0 Å². The number of aliphatic hydroxyl groups excluding tert-OH is 1. The molecule has 2 amide bonds. The van der Waals surface area contributed by atoms with Gasteiger partial charge in [0, 0.05) is 44.3 Å². The number of benzene rings is 1. The van der Waals surface area contributed by atoms with E-state index in [0.717, 1.165) is 45.3 Å². The first-order valence-electron chi connectivity index (χ1n) is 9.83. The van der Waals surface area contributed by atoms with Crippen LogP contribution in [0.25, 0.3) is 0 Å². The van der Waals surface area contributed by atoms with E-state index < -0.39 is 0 Å². The van der Waals surface area contributed by atoms with Gasteiger partial charge in [0.25, 0.3) is 0 Å². The van der Waals surface area contributed by atoms with Gasteiger partial charge in [0.1, 0.15) is 0 Å². The Morgan fingerprint density at radius 3 is 2.35 bits per heavy atom. The van der Waals surface area contributed by atoms with Crippen molar-refractivity contribution >= 4 is 11.8 Å². The van der Waals surface area contributed by atoms with E-state index in [4.69, 9.17) is 0 Å². The van der Waals surface area contributed by atoms with E-state index in [0.29, 0.717) is 11.8 Å². The molecule has 3 fully saturated rings. The lowest BCUT2D eigenvalue weighted by atomic mass is 9.86. The second-order valence-corrected chi connectivity index (χ2v) is 8.20. The first-order chi connectivity index (χ1) is 12.5. The van der Waals surface area contributed by atoms with E-state index in [1.807, 2.05) is 28.0 Å². The summed E-state index contributed by atoms with van der Waals surface area (Å²) >= 11 is 0. The van der Waals surface area contributed by atoms with Gasteiger partial charge >= 0.3 is 0 Å². The summed E-state index contributed by atoms with van der Waals surface area (Å²) < 4.78 is 0. The molecule has 140 valence electrons. The van der Waals surface area contributed by atoms with Crippen LogP contribution >= 0.6 is 0 Å². The molecule has 2 saturated heterocycles. The topological polar surface area (TPSA) is 60.9 Å². The molecular weight excluding hydrogens is 328 g/mol. The Morgan fingerprint density at radius 2 is 1.69 bits per heavy atom. The summed E-state index contributed by atoms with van der Waals surface area (Å²) in [6, 6.07) is 10.3. The van der Waals surface area contributed by atoms with Crippen LogP contribution in [-0.4, -0.2) is 52.5 Å². The lowest BCUT2D eigenvalue weighted by Gasteiger charge is -2.31. The van der Waals surface area contributed by atoms with Crippen LogP contribution in [0, 0.1) is 17.8 Å². The summed E-state index contributed by atoms with van der Waals surface area (Å²) in [6.45, 7) is 3.89. The molecule has 5 heteroatoms. The van der Waals surface area contributed by atoms with E-state index in [-0.39, 0.29) is 29.9 Å². The largest absolute Gasteiger partial charge is 0.393 e. The summed E-state index contributed by atoms with van der Waals surface area (Å²) in [4.78, 5) is 29.2. The molecule has 1 N–H and O–H groups in total. The molecule has 1 saturated carbocycles. The fraction of sp³-hybridized carbons (Fsp3) is 0.619. The van der Waals surface area contributed by atoms with E-state index in [1.165, 1.54) is 5.56 Å². The minimum absolute atomic E-state index is 0.0660. The fourth-order valence-corrected chi connectivity index (χ4v) is 5.21. The molecule has 3 aliphatic rings. The van der Waals surface area contributed by atoms with Crippen molar-refractivity contribution in [2.75, 3.05) is 19.6 Å². The summed E-state index contributed by atoms with van der Waals surface area (Å²) in [5.41, 5.74) is 1.17. The highest BCUT2D eigenvalue weighted by Crippen LogP contribution is 2.45. The summed E-state index contributed by atoms with van der Waals surface area (Å²) in [5.74, 6) is 1.12. The lowest BCUT2D eigenvalue weighted by Crippen LogP contribution is -2.40. The number of fused-ring (bicyclic) bond motifs is 1. The highest BCUT2D eigenvalue weighted by atomic mass is 16.3. The Kier molecular flexibility index (Phi) is 4.74. The monoisotopic (exact) mass is 356 g/mol. The zero-order chi connectivity index (χ0) is 18.3. The molecule has 0 aromatic heterocycles. The van der Waals surface area contributed by atoms with Crippen LogP contribution in [0.15, 0.2) is 30.3 Å². The van der Waals surface area contributed by atoms with Gasteiger partial charge in [-0.2, -0.15) is 0 Å². The highest BCUT2D eigenvalue weighted by Gasteiger charge is 2.50. The molecule has 1 aliphatic carbocycles. The molecule has 2 aliphatic heterocycles. The molecule has 4 rings (SSSR count). The van der Waals surface area contributed by atoms with Crippen LogP contribution < -0.4 is 0 Å². The zero-order valence-electron chi connectivity index (χ0n) is 15.4. The minimum Gasteiger partial charge on any atom is -0.393 e. The average Bonchev–Trinajstić information content (AvgIpc) is 3.20. The number of rotatable bonds is 2. The van der Waals surface area contributed by atoms with E-state index in [2.05, 4.69) is 12.1 Å². The Labute approximate surface area is 155 Å². The standard InChI is InChI=1S/C21H28N2O3/c1-14(24)23-12-17-11-22(21(26)16-7-9-18(25)10-8-16)13-19(17)20(23)15-5-3-2-4-6-15/h2-6,16-20,25H,7-13H2,1H3/t16?,17-,18?,19-,20-/m1/s1. The number of amides is 2. The zero-order valence-corrected chi connectivity index (χ0v) is 15.4. The number of nitrogens with zero attached hydrogens (tertiary/aromatic N) is 2. The van der Waals surface area contributed by atoms with Crippen LogP contribution in [0.3, 0.4) is 0 Å². The van der Waals surface area contributed by atoms with Gasteiger partial charge in [0.05, 0.1) is 12.1 Å². The van der Waals surface area contributed by atoms with Crippen molar-refractivity contribution in [3.8, 4) is 0 Å². The predicted molar refractivity (Wildman–Crippen MR) is 98.1 cm³/mol. The second-order valence-electron chi connectivity index (χ2n) is 8.20. The van der Waals surface area contributed by atoms with E-state index in [1.54, 1.807) is 6.92 Å². The van der Waals surface area contributed by atoms with Crippen molar-refractivity contribution in [2.24, 2.45) is 17.8 Å². The van der Waals surface area contributed by atoms with Gasteiger partial charge in [-0.15, -0.1) is 0 Å². The van der Waals surface area contributed by atoms with Crippen molar-refractivity contribution < 1.29 is 14.7 Å². The van der Waals surface area contributed by atoms with Crippen molar-refractivity contribution in [1.82, 2.24) is 9.80 Å². The predicted octanol–water partition coefficient (Wildman–Crippen LogP) is 2.22. The molecule has 3 atom stereocenters. The maximum Gasteiger partial charge on any atom is 0.225 e.